The third-order valence-electron chi connectivity index (χ3n) is 7.27. The number of pyridine rings is 1. The number of rotatable bonds is 7. The monoisotopic (exact) mass is 526 g/mol. The van der Waals surface area contributed by atoms with Crippen molar-refractivity contribution in [1.29, 1.82) is 5.26 Å². The number of amides is 1. The molecule has 1 amide bonds. The van der Waals surface area contributed by atoms with E-state index in [4.69, 9.17) is 4.74 Å². The maximum Gasteiger partial charge on any atom is 0.306 e. The van der Waals surface area contributed by atoms with Crippen LogP contribution < -0.4 is 10.1 Å². The number of nitrogens with zero attached hydrogens (tertiary/aromatic N) is 3. The predicted octanol–water partition coefficient (Wildman–Crippen LogP) is 5.14. The number of nitriles is 1. The van der Waals surface area contributed by atoms with Gasteiger partial charge in [-0.1, -0.05) is 24.3 Å². The van der Waals surface area contributed by atoms with Gasteiger partial charge in [-0.15, -0.1) is 0 Å². The number of halogens is 1. The van der Waals surface area contributed by atoms with Crippen molar-refractivity contribution in [2.45, 2.75) is 38.3 Å². The van der Waals surface area contributed by atoms with Crippen LogP contribution in [0.4, 0.5) is 4.39 Å². The van der Waals surface area contributed by atoms with E-state index in [0.717, 1.165) is 11.1 Å². The molecule has 1 aliphatic rings. The molecule has 8 nitrogen and oxygen atoms in total. The van der Waals surface area contributed by atoms with Gasteiger partial charge in [-0.2, -0.15) is 5.26 Å². The van der Waals surface area contributed by atoms with Crippen molar-refractivity contribution in [1.82, 2.24) is 14.9 Å². The standard InChI is InChI=1S/C30H27FN4O4/c1-39-27-15-19(16-32)14-26(34-27)20-4-2-18(3-5-20)17-35-13-12-23-25(31)11-10-24(28(23)35)29(36)33-22-8-6-21(7-9-22)30(37)38/h2-5,10-15,21-22H,6-9,17H2,1H3,(H,33,36)(H,37,38). The van der Waals surface area contributed by atoms with E-state index >= 15 is 0 Å². The highest BCUT2D eigenvalue weighted by Gasteiger charge is 2.27. The molecular formula is C30H27FN4O4. The third-order valence-corrected chi connectivity index (χ3v) is 7.27. The van der Waals surface area contributed by atoms with E-state index in [2.05, 4.69) is 16.4 Å². The maximum atomic E-state index is 14.7. The molecule has 0 bridgehead atoms. The number of ether oxygens (including phenoxy) is 1. The molecular weight excluding hydrogens is 499 g/mol. The van der Waals surface area contributed by atoms with Crippen LogP contribution in [-0.2, 0) is 11.3 Å². The molecule has 1 saturated carbocycles. The van der Waals surface area contributed by atoms with E-state index in [-0.39, 0.29) is 17.9 Å². The molecule has 0 unspecified atom stereocenters. The first kappa shape index (κ1) is 25.9. The third kappa shape index (κ3) is 5.46. The Morgan fingerprint density at radius 2 is 1.87 bits per heavy atom. The number of aliphatic carboxylic acids is 1. The lowest BCUT2D eigenvalue weighted by atomic mass is 9.86. The maximum absolute atomic E-state index is 14.7. The summed E-state index contributed by atoms with van der Waals surface area (Å²) in [6, 6.07) is 17.4. The minimum absolute atomic E-state index is 0.115. The van der Waals surface area contributed by atoms with E-state index in [9.17, 15) is 24.3 Å². The molecule has 39 heavy (non-hydrogen) atoms. The summed E-state index contributed by atoms with van der Waals surface area (Å²) >= 11 is 0. The summed E-state index contributed by atoms with van der Waals surface area (Å²) in [6.07, 6.45) is 4.00. The Bertz CT molecular complexity index is 1580. The number of fused-ring (bicyclic) bond motifs is 1. The molecule has 9 heteroatoms. The van der Waals surface area contributed by atoms with E-state index in [1.165, 1.54) is 19.2 Å². The second-order valence-corrected chi connectivity index (χ2v) is 9.75. The van der Waals surface area contributed by atoms with Gasteiger partial charge in [0.2, 0.25) is 5.88 Å². The van der Waals surface area contributed by atoms with Crippen molar-refractivity contribution >= 4 is 22.8 Å². The predicted molar refractivity (Wildman–Crippen MR) is 143 cm³/mol. The number of carbonyl (C=O) groups is 2. The van der Waals surface area contributed by atoms with Crippen molar-refractivity contribution in [2.75, 3.05) is 7.11 Å². The zero-order chi connectivity index (χ0) is 27.5. The fourth-order valence-electron chi connectivity index (χ4n) is 5.15. The van der Waals surface area contributed by atoms with E-state index in [1.54, 1.807) is 24.4 Å². The molecule has 0 radical (unpaired) electrons. The van der Waals surface area contributed by atoms with Gasteiger partial charge in [0.05, 0.1) is 41.4 Å². The average Bonchev–Trinajstić information content (AvgIpc) is 3.38. The first-order valence-corrected chi connectivity index (χ1v) is 12.7. The summed E-state index contributed by atoms with van der Waals surface area (Å²) in [6.45, 7) is 0.409. The number of hydrogen-bond acceptors (Lipinski definition) is 5. The first-order valence-electron chi connectivity index (χ1n) is 12.7. The lowest BCUT2D eigenvalue weighted by Gasteiger charge is -2.27. The van der Waals surface area contributed by atoms with Gasteiger partial charge in [-0.3, -0.25) is 9.59 Å². The van der Waals surface area contributed by atoms with Gasteiger partial charge < -0.3 is 19.7 Å². The molecule has 0 aliphatic heterocycles. The van der Waals surface area contributed by atoms with Crippen LogP contribution in [0.3, 0.4) is 0 Å². The minimum atomic E-state index is -0.794. The molecule has 198 valence electrons. The van der Waals surface area contributed by atoms with Crippen LogP contribution in [0.5, 0.6) is 5.88 Å². The van der Waals surface area contributed by atoms with Crippen LogP contribution in [0.15, 0.2) is 60.8 Å². The van der Waals surface area contributed by atoms with Crippen molar-refractivity contribution in [3.63, 3.8) is 0 Å². The average molecular weight is 527 g/mol. The van der Waals surface area contributed by atoms with E-state index < -0.39 is 11.8 Å². The Morgan fingerprint density at radius 1 is 1.13 bits per heavy atom. The normalized spacial score (nSPS) is 16.9. The first-order chi connectivity index (χ1) is 18.9. The largest absolute Gasteiger partial charge is 0.481 e. The number of nitrogens with one attached hydrogen (secondary N) is 1. The lowest BCUT2D eigenvalue weighted by molar-refractivity contribution is -0.142. The molecule has 2 aromatic heterocycles. The van der Waals surface area contributed by atoms with Gasteiger partial charge in [-0.05, 0) is 55.5 Å². The summed E-state index contributed by atoms with van der Waals surface area (Å²) in [5.74, 6) is -1.51. The minimum Gasteiger partial charge on any atom is -0.481 e. The number of carbonyl (C=O) groups excluding carboxylic acids is 1. The van der Waals surface area contributed by atoms with E-state index in [1.807, 2.05) is 28.8 Å². The van der Waals surface area contributed by atoms with E-state index in [0.29, 0.717) is 65.8 Å². The van der Waals surface area contributed by atoms with Crippen LogP contribution in [-0.4, -0.2) is 39.7 Å². The number of hydrogen-bond donors (Lipinski definition) is 2. The molecule has 0 atom stereocenters. The van der Waals surface area contributed by atoms with Gasteiger partial charge in [-0.25, -0.2) is 9.37 Å². The summed E-state index contributed by atoms with van der Waals surface area (Å²) in [5.41, 5.74) is 3.68. The van der Waals surface area contributed by atoms with Gasteiger partial charge in [0.1, 0.15) is 5.82 Å². The molecule has 1 aliphatic carbocycles. The van der Waals surface area contributed by atoms with Crippen LogP contribution in [0.1, 0.15) is 47.2 Å². The van der Waals surface area contributed by atoms with Crippen LogP contribution >= 0.6 is 0 Å². The zero-order valence-corrected chi connectivity index (χ0v) is 21.4. The highest BCUT2D eigenvalue weighted by molar-refractivity contribution is 6.06. The number of carboxylic acid groups (broad SMARTS) is 1. The van der Waals surface area contributed by atoms with Crippen LogP contribution in [0.25, 0.3) is 22.2 Å². The number of carboxylic acids is 1. The molecule has 2 heterocycles. The lowest BCUT2D eigenvalue weighted by Crippen LogP contribution is -2.38. The Labute approximate surface area is 224 Å². The summed E-state index contributed by atoms with van der Waals surface area (Å²) in [7, 11) is 1.50. The fraction of sp³-hybridized carbons (Fsp3) is 0.267. The van der Waals surface area contributed by atoms with Gasteiger partial charge in [0.25, 0.3) is 5.91 Å². The van der Waals surface area contributed by atoms with Crippen LogP contribution in [0.2, 0.25) is 0 Å². The van der Waals surface area contributed by atoms with Gasteiger partial charge in [0, 0.05) is 35.8 Å². The Hall–Kier alpha value is -4.71. The highest BCUT2D eigenvalue weighted by Crippen LogP contribution is 2.28. The van der Waals surface area contributed by atoms with Crippen molar-refractivity contribution < 1.29 is 23.8 Å². The Morgan fingerprint density at radius 3 is 2.54 bits per heavy atom. The SMILES string of the molecule is COc1cc(C#N)cc(-c2ccc(Cn3ccc4c(F)ccc(C(=O)NC5CCC(C(=O)O)CC5)c43)cc2)n1. The van der Waals surface area contributed by atoms with Gasteiger partial charge >= 0.3 is 5.97 Å². The fourth-order valence-corrected chi connectivity index (χ4v) is 5.15. The number of methoxy groups -OCH3 is 1. The summed E-state index contributed by atoms with van der Waals surface area (Å²) in [4.78, 5) is 28.9. The molecule has 2 aromatic carbocycles. The molecule has 0 spiro atoms. The second kappa shape index (κ2) is 11.0. The smallest absolute Gasteiger partial charge is 0.306 e. The number of benzene rings is 2. The zero-order valence-electron chi connectivity index (χ0n) is 21.4. The van der Waals surface area contributed by atoms with Crippen molar-refractivity contribution in [2.24, 2.45) is 5.92 Å². The summed E-state index contributed by atoms with van der Waals surface area (Å²) in [5, 5.41) is 21.9. The number of aromatic nitrogens is 2. The molecule has 4 aromatic rings. The van der Waals surface area contributed by atoms with Gasteiger partial charge in [0.15, 0.2) is 0 Å². The van der Waals surface area contributed by atoms with Crippen molar-refractivity contribution in [3.8, 4) is 23.2 Å². The van der Waals surface area contributed by atoms with Crippen molar-refractivity contribution in [3.05, 3.63) is 83.3 Å². The second-order valence-electron chi connectivity index (χ2n) is 9.75. The molecule has 1 fully saturated rings. The topological polar surface area (TPSA) is 117 Å². The molecule has 5 rings (SSSR count). The molecule has 2 N–H and O–H groups in total. The quantitative estimate of drug-likeness (QED) is 0.344. The Balaban J connectivity index is 1.37. The molecule has 0 saturated heterocycles. The highest BCUT2D eigenvalue weighted by atomic mass is 19.1. The Kier molecular flexibility index (Phi) is 7.28. The summed E-state index contributed by atoms with van der Waals surface area (Å²) < 4.78 is 21.7. The van der Waals surface area contributed by atoms with Crippen LogP contribution in [0, 0.1) is 23.1 Å².